The zero-order valence-corrected chi connectivity index (χ0v) is 20.4. The lowest BCUT2D eigenvalue weighted by atomic mass is 9.76. The molecular formula is C31H32N2O3. The van der Waals surface area contributed by atoms with Gasteiger partial charge in [0, 0.05) is 19.1 Å². The van der Waals surface area contributed by atoms with E-state index in [1.54, 1.807) is 0 Å². The van der Waals surface area contributed by atoms with Gasteiger partial charge in [-0.2, -0.15) is 0 Å². The van der Waals surface area contributed by atoms with Crippen LogP contribution in [0, 0.1) is 5.92 Å². The number of ether oxygens (including phenoxy) is 2. The summed E-state index contributed by atoms with van der Waals surface area (Å²) in [6.45, 7) is 1.90. The van der Waals surface area contributed by atoms with Crippen molar-refractivity contribution in [2.45, 2.75) is 43.9 Å². The minimum absolute atomic E-state index is 0.0429. The van der Waals surface area contributed by atoms with Gasteiger partial charge in [0.15, 0.2) is 0 Å². The van der Waals surface area contributed by atoms with Gasteiger partial charge in [-0.05, 0) is 60.1 Å². The van der Waals surface area contributed by atoms with E-state index in [1.165, 1.54) is 11.1 Å². The molecule has 1 aliphatic carbocycles. The Morgan fingerprint density at radius 3 is 2.69 bits per heavy atom. The van der Waals surface area contributed by atoms with Crippen molar-refractivity contribution < 1.29 is 14.3 Å². The molecule has 0 radical (unpaired) electrons. The standard InChI is InChI=1S/C31H32N2O3/c34-31(32-19-24-9-6-18-35-24)28-13-5-12-27-25-10-4-11-26(25)29(33-30(27)28)22-14-16-23(17-15-22)36-20-21-7-2-1-3-8-21/h1-5,7-8,10,12-17,24-26,29,33H,6,9,11,18-20H2,(H,32,34). The first-order valence-corrected chi connectivity index (χ1v) is 13.0. The second kappa shape index (κ2) is 10.2. The Morgan fingerprint density at radius 1 is 1.03 bits per heavy atom. The van der Waals surface area contributed by atoms with Gasteiger partial charge in [0.25, 0.3) is 5.91 Å². The third kappa shape index (κ3) is 4.63. The van der Waals surface area contributed by atoms with Gasteiger partial charge in [0.2, 0.25) is 0 Å². The molecule has 3 aromatic carbocycles. The summed E-state index contributed by atoms with van der Waals surface area (Å²) in [5.74, 6) is 1.53. The zero-order valence-electron chi connectivity index (χ0n) is 20.4. The molecule has 0 bridgehead atoms. The highest BCUT2D eigenvalue weighted by atomic mass is 16.5. The number of hydrogen-bond acceptors (Lipinski definition) is 4. The van der Waals surface area contributed by atoms with E-state index in [-0.39, 0.29) is 18.1 Å². The fourth-order valence-electron chi connectivity index (χ4n) is 5.76. The molecule has 1 amide bonds. The topological polar surface area (TPSA) is 59.6 Å². The zero-order chi connectivity index (χ0) is 24.3. The van der Waals surface area contributed by atoms with Crippen LogP contribution in [0.5, 0.6) is 5.75 Å². The molecule has 4 atom stereocenters. The van der Waals surface area contributed by atoms with Crippen LogP contribution in [0.15, 0.2) is 84.9 Å². The Morgan fingerprint density at radius 2 is 1.89 bits per heavy atom. The quantitative estimate of drug-likeness (QED) is 0.407. The maximum absolute atomic E-state index is 13.2. The van der Waals surface area contributed by atoms with Gasteiger partial charge in [0.05, 0.1) is 23.4 Å². The van der Waals surface area contributed by atoms with E-state index < -0.39 is 0 Å². The monoisotopic (exact) mass is 480 g/mol. The van der Waals surface area contributed by atoms with Crippen LogP contribution >= 0.6 is 0 Å². The first-order valence-electron chi connectivity index (χ1n) is 13.0. The average Bonchev–Trinajstić information content (AvgIpc) is 3.63. The minimum Gasteiger partial charge on any atom is -0.489 e. The van der Waals surface area contributed by atoms with Crippen LogP contribution in [0.25, 0.3) is 0 Å². The summed E-state index contributed by atoms with van der Waals surface area (Å²) in [7, 11) is 0. The molecule has 2 N–H and O–H groups in total. The molecule has 36 heavy (non-hydrogen) atoms. The van der Waals surface area contributed by atoms with Crippen molar-refractivity contribution in [3.05, 3.63) is 107 Å². The summed E-state index contributed by atoms with van der Waals surface area (Å²) < 4.78 is 11.7. The number of carbonyl (C=O) groups excluding carboxylic acids is 1. The number of anilines is 1. The molecule has 3 aromatic rings. The Kier molecular flexibility index (Phi) is 6.48. The van der Waals surface area contributed by atoms with Crippen molar-refractivity contribution >= 4 is 11.6 Å². The van der Waals surface area contributed by atoms with Gasteiger partial charge in [0.1, 0.15) is 12.4 Å². The van der Waals surface area contributed by atoms with Gasteiger partial charge in [-0.1, -0.05) is 66.7 Å². The summed E-state index contributed by atoms with van der Waals surface area (Å²) in [4.78, 5) is 13.2. The second-order valence-electron chi connectivity index (χ2n) is 9.93. The van der Waals surface area contributed by atoms with Crippen molar-refractivity contribution in [2.24, 2.45) is 5.92 Å². The first kappa shape index (κ1) is 22.9. The maximum atomic E-state index is 13.2. The van der Waals surface area contributed by atoms with E-state index in [9.17, 15) is 4.79 Å². The van der Waals surface area contributed by atoms with E-state index in [0.717, 1.165) is 42.9 Å². The van der Waals surface area contributed by atoms with Crippen LogP contribution in [0.1, 0.15) is 58.3 Å². The SMILES string of the molecule is O=C(NCC1CCCO1)c1cccc2c1NC(c1ccc(OCc3ccccc3)cc1)C1CC=CC21. The highest BCUT2D eigenvalue weighted by Gasteiger charge is 2.39. The van der Waals surface area contributed by atoms with Gasteiger partial charge >= 0.3 is 0 Å². The number of rotatable bonds is 7. The van der Waals surface area contributed by atoms with Crippen molar-refractivity contribution in [3.63, 3.8) is 0 Å². The lowest BCUT2D eigenvalue weighted by Crippen LogP contribution is -2.34. The third-order valence-electron chi connectivity index (χ3n) is 7.64. The van der Waals surface area contributed by atoms with Gasteiger partial charge in [-0.15, -0.1) is 0 Å². The molecule has 0 spiro atoms. The number of fused-ring (bicyclic) bond motifs is 3. The van der Waals surface area contributed by atoms with Gasteiger partial charge < -0.3 is 20.1 Å². The molecule has 2 heterocycles. The highest BCUT2D eigenvalue weighted by Crippen LogP contribution is 2.50. The van der Waals surface area contributed by atoms with Crippen molar-refractivity contribution in [3.8, 4) is 5.75 Å². The predicted molar refractivity (Wildman–Crippen MR) is 141 cm³/mol. The van der Waals surface area contributed by atoms with Crippen molar-refractivity contribution in [2.75, 3.05) is 18.5 Å². The third-order valence-corrected chi connectivity index (χ3v) is 7.64. The van der Waals surface area contributed by atoms with E-state index in [1.807, 2.05) is 42.5 Å². The van der Waals surface area contributed by atoms with Crippen LogP contribution in [0.4, 0.5) is 5.69 Å². The predicted octanol–water partition coefficient (Wildman–Crippen LogP) is 6.00. The van der Waals surface area contributed by atoms with Crippen LogP contribution in [0.2, 0.25) is 0 Å². The Hall–Kier alpha value is -3.57. The van der Waals surface area contributed by atoms with E-state index in [4.69, 9.17) is 9.47 Å². The smallest absolute Gasteiger partial charge is 0.253 e. The van der Waals surface area contributed by atoms with Crippen molar-refractivity contribution in [1.82, 2.24) is 5.32 Å². The number of nitrogens with one attached hydrogen (secondary N) is 2. The lowest BCUT2D eigenvalue weighted by Gasteiger charge is -2.38. The normalized spacial score (nSPS) is 24.0. The summed E-state index contributed by atoms with van der Waals surface area (Å²) in [6.07, 6.45) is 7.80. The van der Waals surface area contributed by atoms with Crippen molar-refractivity contribution in [1.29, 1.82) is 0 Å². The fraction of sp³-hybridized carbons (Fsp3) is 0.323. The Bertz CT molecular complexity index is 1230. The Balaban J connectivity index is 1.21. The molecule has 0 saturated carbocycles. The van der Waals surface area contributed by atoms with E-state index in [2.05, 4.69) is 53.1 Å². The summed E-state index contributed by atoms with van der Waals surface area (Å²) >= 11 is 0. The maximum Gasteiger partial charge on any atom is 0.253 e. The number of carbonyl (C=O) groups is 1. The van der Waals surface area contributed by atoms with E-state index >= 15 is 0 Å². The minimum atomic E-state index is -0.0429. The van der Waals surface area contributed by atoms with Crippen LogP contribution < -0.4 is 15.4 Å². The van der Waals surface area contributed by atoms with E-state index in [0.29, 0.717) is 30.6 Å². The molecule has 2 aliphatic heterocycles. The number of hydrogen-bond donors (Lipinski definition) is 2. The average molecular weight is 481 g/mol. The van der Waals surface area contributed by atoms with Crippen LogP contribution in [-0.2, 0) is 11.3 Å². The molecule has 1 saturated heterocycles. The number of amides is 1. The second-order valence-corrected chi connectivity index (χ2v) is 9.93. The van der Waals surface area contributed by atoms with Gasteiger partial charge in [-0.3, -0.25) is 4.79 Å². The van der Waals surface area contributed by atoms with Crippen LogP contribution in [0.3, 0.4) is 0 Å². The van der Waals surface area contributed by atoms with Crippen LogP contribution in [-0.4, -0.2) is 25.2 Å². The molecule has 184 valence electrons. The fourth-order valence-corrected chi connectivity index (χ4v) is 5.76. The lowest BCUT2D eigenvalue weighted by molar-refractivity contribution is 0.0858. The molecule has 0 aromatic heterocycles. The molecule has 5 heteroatoms. The first-order chi connectivity index (χ1) is 17.8. The number of benzene rings is 3. The summed E-state index contributed by atoms with van der Waals surface area (Å²) in [6, 6.07) is 24.8. The van der Waals surface area contributed by atoms with Gasteiger partial charge in [-0.25, -0.2) is 0 Å². The molecule has 5 nitrogen and oxygen atoms in total. The summed E-state index contributed by atoms with van der Waals surface area (Å²) in [5.41, 5.74) is 5.22. The Labute approximate surface area is 212 Å². The number of allylic oxidation sites excluding steroid dienone is 2. The number of para-hydroxylation sites is 1. The summed E-state index contributed by atoms with van der Waals surface area (Å²) in [5, 5.41) is 6.87. The molecule has 3 aliphatic rings. The molecule has 6 rings (SSSR count). The molecular weight excluding hydrogens is 448 g/mol. The molecule has 4 unspecified atom stereocenters. The highest BCUT2D eigenvalue weighted by molar-refractivity contribution is 6.00. The molecule has 1 fully saturated rings. The largest absolute Gasteiger partial charge is 0.489 e.